The topological polar surface area (TPSA) is 48.5 Å². The molecule has 1 aliphatic heterocycles. The summed E-state index contributed by atoms with van der Waals surface area (Å²) in [6, 6.07) is 14.5. The highest BCUT2D eigenvalue weighted by Crippen LogP contribution is 2.27. The molecule has 0 unspecified atom stereocenters. The van der Waals surface area contributed by atoms with Crippen LogP contribution in [0.1, 0.15) is 19.3 Å². The smallest absolute Gasteiger partial charge is 0.228 e. The van der Waals surface area contributed by atoms with Gasteiger partial charge in [0.05, 0.1) is 11.9 Å². The Balaban J connectivity index is 1.33. The van der Waals surface area contributed by atoms with E-state index in [0.717, 1.165) is 44.7 Å². The van der Waals surface area contributed by atoms with Crippen LogP contribution >= 0.6 is 0 Å². The van der Waals surface area contributed by atoms with E-state index in [9.17, 15) is 4.79 Å². The first kappa shape index (κ1) is 15.9. The van der Waals surface area contributed by atoms with Gasteiger partial charge in [-0.05, 0) is 37.1 Å². The summed E-state index contributed by atoms with van der Waals surface area (Å²) in [6.07, 6.45) is 5.05. The third kappa shape index (κ3) is 3.60. The van der Waals surface area contributed by atoms with Gasteiger partial charge in [-0.2, -0.15) is 0 Å². The molecule has 5 nitrogen and oxygen atoms in total. The van der Waals surface area contributed by atoms with E-state index in [4.69, 9.17) is 0 Å². The molecule has 2 heterocycles. The number of hydrogen-bond donors (Lipinski definition) is 1. The molecule has 1 amide bonds. The second kappa shape index (κ2) is 7.13. The average molecular weight is 336 g/mol. The van der Waals surface area contributed by atoms with Crippen molar-refractivity contribution in [1.82, 2.24) is 4.98 Å². The standard InChI is InChI=1S/C20H24N4O/c25-20(16-5-4-6-16)22-19-10-9-18(15-21-19)24-13-11-23(12-14-24)17-7-2-1-3-8-17/h1-3,7-10,15-16H,4-6,11-14H2,(H,21,22,25). The number of para-hydroxylation sites is 1. The molecule has 1 saturated heterocycles. The summed E-state index contributed by atoms with van der Waals surface area (Å²) in [4.78, 5) is 21.2. The van der Waals surface area contributed by atoms with Crippen molar-refractivity contribution in [3.05, 3.63) is 48.7 Å². The predicted molar refractivity (Wildman–Crippen MR) is 101 cm³/mol. The van der Waals surface area contributed by atoms with Crippen molar-refractivity contribution in [2.45, 2.75) is 19.3 Å². The van der Waals surface area contributed by atoms with Crippen molar-refractivity contribution in [3.63, 3.8) is 0 Å². The van der Waals surface area contributed by atoms with Gasteiger partial charge < -0.3 is 15.1 Å². The molecule has 130 valence electrons. The number of pyridine rings is 1. The summed E-state index contributed by atoms with van der Waals surface area (Å²) in [5.74, 6) is 0.957. The molecule has 1 aliphatic carbocycles. The van der Waals surface area contributed by atoms with Crippen LogP contribution in [0.5, 0.6) is 0 Å². The zero-order chi connectivity index (χ0) is 17.1. The fourth-order valence-electron chi connectivity index (χ4n) is 3.41. The molecule has 0 bridgehead atoms. The van der Waals surface area contributed by atoms with Crippen LogP contribution in [-0.4, -0.2) is 37.1 Å². The number of benzene rings is 1. The summed E-state index contributed by atoms with van der Waals surface area (Å²) in [5.41, 5.74) is 2.41. The average Bonchev–Trinajstić information content (AvgIpc) is 2.62. The molecule has 2 aromatic rings. The SMILES string of the molecule is O=C(Nc1ccc(N2CCN(c3ccccc3)CC2)cn1)C1CCC1. The van der Waals surface area contributed by atoms with Crippen LogP contribution in [-0.2, 0) is 4.79 Å². The maximum Gasteiger partial charge on any atom is 0.228 e. The Labute approximate surface area is 148 Å². The monoisotopic (exact) mass is 336 g/mol. The first-order valence-corrected chi connectivity index (χ1v) is 9.11. The zero-order valence-electron chi connectivity index (χ0n) is 14.4. The molecule has 2 aliphatic rings. The lowest BCUT2D eigenvalue weighted by Crippen LogP contribution is -2.46. The largest absolute Gasteiger partial charge is 0.368 e. The first-order chi connectivity index (χ1) is 12.3. The fraction of sp³-hybridized carbons (Fsp3) is 0.400. The highest BCUT2D eigenvalue weighted by molar-refractivity contribution is 5.92. The third-order valence-electron chi connectivity index (χ3n) is 5.24. The lowest BCUT2D eigenvalue weighted by atomic mass is 9.85. The van der Waals surface area contributed by atoms with E-state index in [1.54, 1.807) is 0 Å². The van der Waals surface area contributed by atoms with Gasteiger partial charge >= 0.3 is 0 Å². The van der Waals surface area contributed by atoms with Gasteiger partial charge in [0.2, 0.25) is 5.91 Å². The summed E-state index contributed by atoms with van der Waals surface area (Å²) < 4.78 is 0. The minimum absolute atomic E-state index is 0.114. The second-order valence-corrected chi connectivity index (χ2v) is 6.83. The van der Waals surface area contributed by atoms with Crippen LogP contribution in [0.4, 0.5) is 17.2 Å². The second-order valence-electron chi connectivity index (χ2n) is 6.83. The van der Waals surface area contributed by atoms with Crippen LogP contribution in [0.3, 0.4) is 0 Å². The van der Waals surface area contributed by atoms with Crippen molar-refractivity contribution < 1.29 is 4.79 Å². The van der Waals surface area contributed by atoms with Gasteiger partial charge in [-0.3, -0.25) is 4.79 Å². The maximum absolute atomic E-state index is 12.0. The number of amides is 1. The Bertz CT molecular complexity index is 704. The number of aromatic nitrogens is 1. The number of hydrogen-bond acceptors (Lipinski definition) is 4. The Morgan fingerprint density at radius 2 is 1.60 bits per heavy atom. The van der Waals surface area contributed by atoms with Gasteiger partial charge in [0.25, 0.3) is 0 Å². The first-order valence-electron chi connectivity index (χ1n) is 9.11. The summed E-state index contributed by atoms with van der Waals surface area (Å²) >= 11 is 0. The van der Waals surface area contributed by atoms with Crippen LogP contribution in [0.2, 0.25) is 0 Å². The van der Waals surface area contributed by atoms with E-state index in [1.165, 1.54) is 12.1 Å². The molecule has 2 fully saturated rings. The molecule has 1 aromatic carbocycles. The summed E-state index contributed by atoms with van der Waals surface area (Å²) in [6.45, 7) is 3.96. The molecular weight excluding hydrogens is 312 g/mol. The molecular formula is C20H24N4O. The van der Waals surface area contributed by atoms with Gasteiger partial charge in [-0.1, -0.05) is 24.6 Å². The summed E-state index contributed by atoms with van der Waals surface area (Å²) in [7, 11) is 0. The Morgan fingerprint density at radius 1 is 0.920 bits per heavy atom. The van der Waals surface area contributed by atoms with Crippen molar-refractivity contribution in [1.29, 1.82) is 0 Å². The molecule has 25 heavy (non-hydrogen) atoms. The number of nitrogens with zero attached hydrogens (tertiary/aromatic N) is 3. The van der Waals surface area contributed by atoms with E-state index < -0.39 is 0 Å². The Morgan fingerprint density at radius 3 is 2.16 bits per heavy atom. The van der Waals surface area contributed by atoms with Gasteiger partial charge in [0.1, 0.15) is 5.82 Å². The van der Waals surface area contributed by atoms with E-state index >= 15 is 0 Å². The van der Waals surface area contributed by atoms with Crippen LogP contribution < -0.4 is 15.1 Å². The van der Waals surface area contributed by atoms with Gasteiger partial charge in [0, 0.05) is 37.8 Å². The molecule has 4 rings (SSSR count). The molecule has 5 heteroatoms. The number of rotatable bonds is 4. The van der Waals surface area contributed by atoms with Crippen molar-refractivity contribution in [2.75, 3.05) is 41.3 Å². The normalized spacial score (nSPS) is 17.9. The van der Waals surface area contributed by atoms with E-state index in [0.29, 0.717) is 5.82 Å². The van der Waals surface area contributed by atoms with E-state index in [-0.39, 0.29) is 11.8 Å². The van der Waals surface area contributed by atoms with Gasteiger partial charge in [0.15, 0.2) is 0 Å². The number of carbonyl (C=O) groups excluding carboxylic acids is 1. The van der Waals surface area contributed by atoms with Crippen molar-refractivity contribution in [2.24, 2.45) is 5.92 Å². The maximum atomic E-state index is 12.0. The fourth-order valence-corrected chi connectivity index (χ4v) is 3.41. The molecule has 0 atom stereocenters. The van der Waals surface area contributed by atoms with Gasteiger partial charge in [-0.25, -0.2) is 4.98 Å². The molecule has 0 spiro atoms. The van der Waals surface area contributed by atoms with Crippen LogP contribution in [0.25, 0.3) is 0 Å². The molecule has 1 N–H and O–H groups in total. The highest BCUT2D eigenvalue weighted by atomic mass is 16.2. The quantitative estimate of drug-likeness (QED) is 0.932. The number of anilines is 3. The van der Waals surface area contributed by atoms with Crippen molar-refractivity contribution >= 4 is 23.1 Å². The lowest BCUT2D eigenvalue weighted by molar-refractivity contribution is -0.122. The highest BCUT2D eigenvalue weighted by Gasteiger charge is 2.25. The lowest BCUT2D eigenvalue weighted by Gasteiger charge is -2.37. The summed E-state index contributed by atoms with van der Waals surface area (Å²) in [5, 5.41) is 2.93. The number of carbonyl (C=O) groups is 1. The minimum Gasteiger partial charge on any atom is -0.368 e. The van der Waals surface area contributed by atoms with Crippen LogP contribution in [0, 0.1) is 5.92 Å². The predicted octanol–water partition coefficient (Wildman–Crippen LogP) is 3.15. The van der Waals surface area contributed by atoms with E-state index in [2.05, 4.69) is 56.5 Å². The number of nitrogens with one attached hydrogen (secondary N) is 1. The number of piperazine rings is 1. The molecule has 1 saturated carbocycles. The van der Waals surface area contributed by atoms with Gasteiger partial charge in [-0.15, -0.1) is 0 Å². The van der Waals surface area contributed by atoms with Crippen LogP contribution in [0.15, 0.2) is 48.7 Å². The van der Waals surface area contributed by atoms with E-state index in [1.807, 2.05) is 12.3 Å². The van der Waals surface area contributed by atoms with Crippen molar-refractivity contribution in [3.8, 4) is 0 Å². The molecule has 0 radical (unpaired) electrons. The third-order valence-corrected chi connectivity index (χ3v) is 5.24. The zero-order valence-corrected chi connectivity index (χ0v) is 14.4. The Kier molecular flexibility index (Phi) is 4.55. The minimum atomic E-state index is 0.114. The Hall–Kier alpha value is -2.56. The molecule has 1 aromatic heterocycles.